The van der Waals surface area contributed by atoms with Crippen molar-refractivity contribution in [3.63, 3.8) is 0 Å². The number of nitrogens with one attached hydrogen (secondary N) is 1. The number of anilines is 1. The molecule has 0 radical (unpaired) electrons. The highest BCUT2D eigenvalue weighted by atomic mass is 35.5. The summed E-state index contributed by atoms with van der Waals surface area (Å²) in [5.41, 5.74) is 1.26. The zero-order valence-electron chi connectivity index (χ0n) is 24.7. The van der Waals surface area contributed by atoms with Crippen molar-refractivity contribution in [2.24, 2.45) is 23.7 Å². The number of rotatable bonds is 10. The van der Waals surface area contributed by atoms with Crippen molar-refractivity contribution in [3.05, 3.63) is 41.0 Å². The third-order valence-corrected chi connectivity index (χ3v) is 9.93. The van der Waals surface area contributed by atoms with Crippen molar-refractivity contribution >= 4 is 47.5 Å². The topological polar surface area (TPSA) is 112 Å². The van der Waals surface area contributed by atoms with Crippen molar-refractivity contribution < 1.29 is 24.2 Å². The van der Waals surface area contributed by atoms with Crippen molar-refractivity contribution in [1.82, 2.24) is 15.2 Å². The molecular weight excluding hydrogens is 591 g/mol. The zero-order valence-corrected chi connectivity index (χ0v) is 26.3. The van der Waals surface area contributed by atoms with E-state index in [9.17, 15) is 19.5 Å². The lowest BCUT2D eigenvalue weighted by molar-refractivity contribution is -0.159. The molecule has 11 heteroatoms. The number of pyridine rings is 1. The summed E-state index contributed by atoms with van der Waals surface area (Å²) < 4.78 is 6.00. The van der Waals surface area contributed by atoms with E-state index < -0.39 is 17.4 Å². The first-order valence-electron chi connectivity index (χ1n) is 15.1. The number of hydrogen-bond donors (Lipinski definition) is 2. The maximum absolute atomic E-state index is 13.8. The molecule has 1 saturated heterocycles. The number of hydrogen-bond acceptors (Lipinski definition) is 6. The van der Waals surface area contributed by atoms with E-state index in [1.807, 2.05) is 26.2 Å². The van der Waals surface area contributed by atoms with Crippen molar-refractivity contribution in [1.29, 1.82) is 0 Å². The van der Waals surface area contributed by atoms with Gasteiger partial charge in [0, 0.05) is 25.1 Å². The number of ether oxygens (including phenoxy) is 1. The molecule has 2 aromatic rings. The minimum atomic E-state index is -0.824. The quantitative estimate of drug-likeness (QED) is 0.343. The summed E-state index contributed by atoms with van der Waals surface area (Å²) in [7, 11) is 4.02. The number of benzene rings is 1. The summed E-state index contributed by atoms with van der Waals surface area (Å²) >= 11 is 6.48. The number of halogens is 2. The lowest BCUT2D eigenvalue weighted by atomic mass is 9.48. The van der Waals surface area contributed by atoms with Gasteiger partial charge in [0.25, 0.3) is 5.91 Å². The van der Waals surface area contributed by atoms with Crippen LogP contribution in [0.2, 0.25) is 5.02 Å². The Kier molecular flexibility index (Phi) is 9.26. The Morgan fingerprint density at radius 3 is 2.56 bits per heavy atom. The smallest absolute Gasteiger partial charge is 0.309 e. The minimum absolute atomic E-state index is 0. The maximum Gasteiger partial charge on any atom is 0.309 e. The lowest BCUT2D eigenvalue weighted by Gasteiger charge is -2.59. The first kappa shape index (κ1) is 31.5. The molecule has 9 nitrogen and oxygen atoms in total. The van der Waals surface area contributed by atoms with Gasteiger partial charge in [-0.1, -0.05) is 17.7 Å². The van der Waals surface area contributed by atoms with Gasteiger partial charge >= 0.3 is 5.97 Å². The van der Waals surface area contributed by atoms with Gasteiger partial charge in [-0.25, -0.2) is 4.98 Å². The first-order chi connectivity index (χ1) is 20.1. The maximum atomic E-state index is 13.8. The van der Waals surface area contributed by atoms with Crippen molar-refractivity contribution in [2.75, 3.05) is 38.7 Å². The third kappa shape index (κ3) is 6.22. The Morgan fingerprint density at radius 2 is 1.91 bits per heavy atom. The van der Waals surface area contributed by atoms with Gasteiger partial charge in [-0.15, -0.1) is 12.4 Å². The van der Waals surface area contributed by atoms with Gasteiger partial charge in [0.2, 0.25) is 5.91 Å². The molecule has 3 unspecified atom stereocenters. The van der Waals surface area contributed by atoms with Gasteiger partial charge in [-0.2, -0.15) is 0 Å². The second-order valence-corrected chi connectivity index (χ2v) is 13.3. The molecule has 4 bridgehead atoms. The number of aliphatic carboxylic acids is 1. The van der Waals surface area contributed by atoms with Crippen LogP contribution in [-0.2, 0) is 9.59 Å². The number of amides is 2. The van der Waals surface area contributed by atoms with E-state index in [0.717, 1.165) is 38.6 Å². The standard InChI is InChI=1S/C32H39ClN4O5.ClH/c1-36(2)10-4-12-42-26-16-21(6-7-23(26)33)29-25(37-11-3-5-27(37)38)9-8-24(34-29)30(39)35-32-17-19-13-20(18-32)15-22(14-19)28(32)31(40)41;/h6-9,16,19-20,22,28H,3-5,10-15,17-18H2,1-2H3,(H,35,39)(H,40,41);1H. The molecule has 1 aromatic heterocycles. The summed E-state index contributed by atoms with van der Waals surface area (Å²) in [6.07, 6.45) is 6.43. The molecule has 232 valence electrons. The SMILES string of the molecule is CN(C)CCCOc1cc(-c2nc(C(=O)NC34CC5CC(CC(C5)C3C(=O)O)C4)ccc2N2CCCC2=O)ccc1Cl.Cl. The number of carbonyl (C=O) groups is 3. The van der Waals surface area contributed by atoms with Crippen LogP contribution in [0.25, 0.3) is 11.3 Å². The fourth-order valence-corrected chi connectivity index (χ4v) is 8.36. The molecule has 3 atom stereocenters. The van der Waals surface area contributed by atoms with Crippen LogP contribution in [0.15, 0.2) is 30.3 Å². The first-order valence-corrected chi connectivity index (χ1v) is 15.5. The molecule has 4 aliphatic carbocycles. The molecule has 7 rings (SSSR count). The molecule has 5 fully saturated rings. The highest BCUT2D eigenvalue weighted by molar-refractivity contribution is 6.32. The second-order valence-electron chi connectivity index (χ2n) is 12.9. The molecule has 4 saturated carbocycles. The number of carboxylic acids is 1. The monoisotopic (exact) mass is 630 g/mol. The highest BCUT2D eigenvalue weighted by Gasteiger charge is 2.60. The Morgan fingerprint density at radius 1 is 1.16 bits per heavy atom. The molecule has 1 aliphatic heterocycles. The number of carbonyl (C=O) groups excluding carboxylic acids is 2. The van der Waals surface area contributed by atoms with Crippen LogP contribution in [0.5, 0.6) is 5.75 Å². The molecule has 2 N–H and O–H groups in total. The Hall–Kier alpha value is -2.88. The van der Waals surface area contributed by atoms with Crippen LogP contribution in [0.4, 0.5) is 5.69 Å². The third-order valence-electron chi connectivity index (χ3n) is 9.62. The molecule has 1 aromatic carbocycles. The number of nitrogens with zero attached hydrogens (tertiary/aromatic N) is 3. The van der Waals surface area contributed by atoms with Crippen LogP contribution in [0.1, 0.15) is 61.9 Å². The number of carboxylic acid groups (broad SMARTS) is 1. The van der Waals surface area contributed by atoms with Gasteiger partial charge in [0.15, 0.2) is 0 Å². The predicted octanol–water partition coefficient (Wildman–Crippen LogP) is 5.29. The van der Waals surface area contributed by atoms with Gasteiger partial charge in [0.1, 0.15) is 11.4 Å². The average molecular weight is 632 g/mol. The van der Waals surface area contributed by atoms with Crippen molar-refractivity contribution in [3.8, 4) is 17.0 Å². The minimum Gasteiger partial charge on any atom is -0.492 e. The van der Waals surface area contributed by atoms with Crippen LogP contribution in [-0.4, -0.2) is 72.1 Å². The predicted molar refractivity (Wildman–Crippen MR) is 167 cm³/mol. The van der Waals surface area contributed by atoms with Gasteiger partial charge in [-0.05, 0) is 101 Å². The van der Waals surface area contributed by atoms with E-state index in [1.54, 1.807) is 23.1 Å². The van der Waals surface area contributed by atoms with E-state index in [2.05, 4.69) is 10.2 Å². The van der Waals surface area contributed by atoms with Crippen LogP contribution in [0, 0.1) is 23.7 Å². The molecule has 2 amide bonds. The average Bonchev–Trinajstić information content (AvgIpc) is 3.36. The largest absolute Gasteiger partial charge is 0.492 e. The van der Waals surface area contributed by atoms with Crippen LogP contribution < -0.4 is 15.0 Å². The van der Waals surface area contributed by atoms with Gasteiger partial charge in [-0.3, -0.25) is 14.4 Å². The van der Waals surface area contributed by atoms with Gasteiger partial charge in [0.05, 0.1) is 34.5 Å². The Balaban J connectivity index is 0.00000368. The summed E-state index contributed by atoms with van der Waals surface area (Å²) in [6.45, 7) is 1.95. The molecule has 5 aliphatic rings. The van der Waals surface area contributed by atoms with E-state index in [4.69, 9.17) is 21.3 Å². The fraction of sp³-hybridized carbons (Fsp3) is 0.562. The molecule has 0 spiro atoms. The van der Waals surface area contributed by atoms with Crippen LogP contribution in [0.3, 0.4) is 0 Å². The highest BCUT2D eigenvalue weighted by Crippen LogP contribution is 2.58. The van der Waals surface area contributed by atoms with Gasteiger partial charge < -0.3 is 25.0 Å². The summed E-state index contributed by atoms with van der Waals surface area (Å²) in [5.74, 6) is -0.243. The Labute approximate surface area is 263 Å². The molecule has 43 heavy (non-hydrogen) atoms. The lowest BCUT2D eigenvalue weighted by Crippen LogP contribution is -2.67. The Bertz CT molecular complexity index is 1390. The molecular formula is C32H40Cl2N4O5. The number of aromatic nitrogens is 1. The van der Waals surface area contributed by atoms with E-state index in [1.165, 1.54) is 0 Å². The normalized spacial score (nSPS) is 27.3. The summed E-state index contributed by atoms with van der Waals surface area (Å²) in [5, 5.41) is 13.9. The zero-order chi connectivity index (χ0) is 29.6. The fourth-order valence-electron chi connectivity index (χ4n) is 8.18. The molecule has 2 heterocycles. The van der Waals surface area contributed by atoms with E-state index in [0.29, 0.717) is 72.0 Å². The van der Waals surface area contributed by atoms with Crippen molar-refractivity contribution in [2.45, 2.75) is 56.9 Å². The van der Waals surface area contributed by atoms with E-state index >= 15 is 0 Å². The van der Waals surface area contributed by atoms with Crippen LogP contribution >= 0.6 is 24.0 Å². The van der Waals surface area contributed by atoms with E-state index in [-0.39, 0.29) is 35.8 Å². The summed E-state index contributed by atoms with van der Waals surface area (Å²) in [4.78, 5) is 47.6. The second kappa shape index (κ2) is 12.6. The summed E-state index contributed by atoms with van der Waals surface area (Å²) in [6, 6.07) is 8.80.